The molecule has 0 radical (unpaired) electrons. The van der Waals surface area contributed by atoms with Gasteiger partial charge in [0.1, 0.15) is 0 Å². The van der Waals surface area contributed by atoms with E-state index in [0.717, 1.165) is 25.7 Å². The van der Waals surface area contributed by atoms with Crippen LogP contribution in [0.3, 0.4) is 0 Å². The molecule has 0 saturated carbocycles. The third kappa shape index (κ3) is 9.05. The van der Waals surface area contributed by atoms with Gasteiger partial charge in [-0.05, 0) is 6.42 Å². The Morgan fingerprint density at radius 2 is 1.87 bits per heavy atom. The lowest BCUT2D eigenvalue weighted by Gasteiger charge is -2.05. The van der Waals surface area contributed by atoms with Gasteiger partial charge in [-0.15, -0.1) is 5.48 Å². The van der Waals surface area contributed by atoms with E-state index in [4.69, 9.17) is 4.74 Å². The van der Waals surface area contributed by atoms with E-state index in [2.05, 4.69) is 11.8 Å². The van der Waals surface area contributed by atoms with Crippen LogP contribution in [0.25, 0.3) is 0 Å². The van der Waals surface area contributed by atoms with Crippen molar-refractivity contribution < 1.29 is 19.2 Å². The summed E-state index contributed by atoms with van der Waals surface area (Å²) in [5.74, 6) is -0.488. The molecule has 0 bridgehead atoms. The Labute approximate surface area is 90.1 Å². The van der Waals surface area contributed by atoms with E-state index in [1.165, 1.54) is 0 Å². The number of rotatable bonds is 6. The first-order chi connectivity index (χ1) is 7.20. The third-order valence-corrected chi connectivity index (χ3v) is 1.77. The number of hydrogen-bond donors (Lipinski definition) is 1. The van der Waals surface area contributed by atoms with Gasteiger partial charge in [0.25, 0.3) is 0 Å². The van der Waals surface area contributed by atoms with Crippen LogP contribution in [-0.4, -0.2) is 18.7 Å². The van der Waals surface area contributed by atoms with E-state index in [0.29, 0.717) is 6.61 Å². The smallest absolute Gasteiger partial charge is 0.440 e. The number of ether oxygens (including phenoxy) is 1. The number of amides is 1. The van der Waals surface area contributed by atoms with Gasteiger partial charge in [-0.25, -0.2) is 9.59 Å². The fourth-order valence-electron chi connectivity index (χ4n) is 0.894. The van der Waals surface area contributed by atoms with Crippen LogP contribution in [0, 0.1) is 0 Å². The first-order valence-electron chi connectivity index (χ1n) is 5.33. The van der Waals surface area contributed by atoms with Crippen LogP contribution in [-0.2, 0) is 14.4 Å². The summed E-state index contributed by atoms with van der Waals surface area (Å²) in [4.78, 5) is 25.9. The summed E-state index contributed by atoms with van der Waals surface area (Å²) >= 11 is 0. The SMILES string of the molecule is CCCCCCOC(=O)NOC(=O)CC. The van der Waals surface area contributed by atoms with Crippen LogP contribution in [0.15, 0.2) is 0 Å². The fourth-order valence-corrected chi connectivity index (χ4v) is 0.894. The van der Waals surface area contributed by atoms with Crippen molar-refractivity contribution in [2.24, 2.45) is 0 Å². The van der Waals surface area contributed by atoms with Gasteiger partial charge in [0.15, 0.2) is 0 Å². The molecule has 0 unspecified atom stereocenters. The molecule has 1 N–H and O–H groups in total. The van der Waals surface area contributed by atoms with Gasteiger partial charge >= 0.3 is 12.1 Å². The maximum Gasteiger partial charge on any atom is 0.440 e. The fraction of sp³-hybridized carbons (Fsp3) is 0.800. The third-order valence-electron chi connectivity index (χ3n) is 1.77. The van der Waals surface area contributed by atoms with Crippen molar-refractivity contribution in [1.29, 1.82) is 0 Å². The Morgan fingerprint density at radius 1 is 1.13 bits per heavy atom. The van der Waals surface area contributed by atoms with E-state index in [-0.39, 0.29) is 6.42 Å². The van der Waals surface area contributed by atoms with Gasteiger partial charge in [0.2, 0.25) is 0 Å². The summed E-state index contributed by atoms with van der Waals surface area (Å²) in [6.45, 7) is 4.10. The minimum absolute atomic E-state index is 0.219. The second-order valence-corrected chi connectivity index (χ2v) is 3.13. The molecule has 0 fully saturated rings. The molecule has 0 aliphatic carbocycles. The van der Waals surface area contributed by atoms with Gasteiger partial charge in [0.05, 0.1) is 6.61 Å². The molecule has 0 atom stereocenters. The average molecular weight is 217 g/mol. The van der Waals surface area contributed by atoms with Crippen LogP contribution >= 0.6 is 0 Å². The molecular weight excluding hydrogens is 198 g/mol. The summed E-state index contributed by atoms with van der Waals surface area (Å²) in [6.07, 6.45) is 3.65. The number of carbonyl (C=O) groups is 2. The predicted molar refractivity (Wildman–Crippen MR) is 55.0 cm³/mol. The lowest BCUT2D eigenvalue weighted by atomic mass is 10.2. The normalized spacial score (nSPS) is 9.47. The molecule has 0 spiro atoms. The van der Waals surface area contributed by atoms with Gasteiger partial charge in [-0.2, -0.15) is 0 Å². The molecule has 0 aromatic carbocycles. The van der Waals surface area contributed by atoms with Crippen molar-refractivity contribution in [1.82, 2.24) is 5.48 Å². The molecular formula is C10H19NO4. The Kier molecular flexibility index (Phi) is 8.52. The number of carbonyl (C=O) groups excluding carboxylic acids is 2. The lowest BCUT2D eigenvalue weighted by molar-refractivity contribution is -0.149. The molecule has 5 heteroatoms. The zero-order valence-corrected chi connectivity index (χ0v) is 9.38. The van der Waals surface area contributed by atoms with Crippen molar-refractivity contribution >= 4 is 12.1 Å². The zero-order valence-electron chi connectivity index (χ0n) is 9.38. The Balaban J connectivity index is 3.30. The molecule has 0 aliphatic heterocycles. The van der Waals surface area contributed by atoms with Crippen molar-refractivity contribution in [2.75, 3.05) is 6.61 Å². The maximum atomic E-state index is 10.9. The predicted octanol–water partition coefficient (Wildman–Crippen LogP) is 2.16. The Morgan fingerprint density at radius 3 is 2.47 bits per heavy atom. The zero-order chi connectivity index (χ0) is 11.5. The van der Waals surface area contributed by atoms with E-state index < -0.39 is 12.1 Å². The van der Waals surface area contributed by atoms with E-state index in [1.54, 1.807) is 6.92 Å². The standard InChI is InChI=1S/C10H19NO4/c1-3-5-6-7-8-14-10(13)11-15-9(12)4-2/h3-8H2,1-2H3,(H,11,13). The second-order valence-electron chi connectivity index (χ2n) is 3.13. The largest absolute Gasteiger partial charge is 0.447 e. The monoisotopic (exact) mass is 217 g/mol. The summed E-state index contributed by atoms with van der Waals surface area (Å²) in [7, 11) is 0. The quantitative estimate of drug-likeness (QED) is 0.547. The highest BCUT2D eigenvalue weighted by molar-refractivity contribution is 5.72. The van der Waals surface area contributed by atoms with Crippen LogP contribution < -0.4 is 5.48 Å². The minimum atomic E-state index is -0.715. The van der Waals surface area contributed by atoms with Crippen LogP contribution in [0.1, 0.15) is 46.0 Å². The number of unbranched alkanes of at least 4 members (excludes halogenated alkanes) is 3. The first-order valence-corrected chi connectivity index (χ1v) is 5.33. The first kappa shape index (κ1) is 13.7. The molecule has 0 aromatic rings. The van der Waals surface area contributed by atoms with Crippen molar-refractivity contribution in [3.05, 3.63) is 0 Å². The second kappa shape index (κ2) is 9.30. The highest BCUT2D eigenvalue weighted by atomic mass is 16.7. The highest BCUT2D eigenvalue weighted by Gasteiger charge is 2.04. The summed E-state index contributed by atoms with van der Waals surface area (Å²) in [5.41, 5.74) is 1.91. The molecule has 0 aliphatic rings. The Hall–Kier alpha value is -1.26. The minimum Gasteiger partial charge on any atom is -0.447 e. The van der Waals surface area contributed by atoms with E-state index in [9.17, 15) is 9.59 Å². The average Bonchev–Trinajstić information content (AvgIpc) is 2.25. The molecule has 0 heterocycles. The molecule has 88 valence electrons. The number of hydroxylamine groups is 1. The Bertz CT molecular complexity index is 194. The number of nitrogens with one attached hydrogen (secondary N) is 1. The molecule has 0 saturated heterocycles. The highest BCUT2D eigenvalue weighted by Crippen LogP contribution is 1.98. The summed E-state index contributed by atoms with van der Waals surface area (Å²) < 4.78 is 4.76. The van der Waals surface area contributed by atoms with E-state index >= 15 is 0 Å². The van der Waals surface area contributed by atoms with Gasteiger partial charge in [-0.3, -0.25) is 0 Å². The lowest BCUT2D eigenvalue weighted by Crippen LogP contribution is -2.27. The maximum absolute atomic E-state index is 10.9. The molecule has 15 heavy (non-hydrogen) atoms. The van der Waals surface area contributed by atoms with Crippen molar-refractivity contribution in [2.45, 2.75) is 46.0 Å². The summed E-state index contributed by atoms with van der Waals surface area (Å²) in [5, 5.41) is 0. The molecule has 0 rings (SSSR count). The molecule has 5 nitrogen and oxygen atoms in total. The van der Waals surface area contributed by atoms with Crippen molar-refractivity contribution in [3.8, 4) is 0 Å². The van der Waals surface area contributed by atoms with E-state index in [1.807, 2.05) is 5.48 Å². The summed E-state index contributed by atoms with van der Waals surface area (Å²) in [6, 6.07) is 0. The van der Waals surface area contributed by atoms with Gasteiger partial charge < -0.3 is 9.57 Å². The molecule has 1 amide bonds. The van der Waals surface area contributed by atoms with Crippen LogP contribution in [0.5, 0.6) is 0 Å². The number of hydrogen-bond acceptors (Lipinski definition) is 4. The van der Waals surface area contributed by atoms with Gasteiger partial charge in [-0.1, -0.05) is 33.1 Å². The van der Waals surface area contributed by atoms with Crippen LogP contribution in [0.2, 0.25) is 0 Å². The molecule has 0 aromatic heterocycles. The van der Waals surface area contributed by atoms with Gasteiger partial charge in [0, 0.05) is 6.42 Å². The topological polar surface area (TPSA) is 64.6 Å². The van der Waals surface area contributed by atoms with Crippen LogP contribution in [0.4, 0.5) is 4.79 Å². The van der Waals surface area contributed by atoms with Crippen molar-refractivity contribution in [3.63, 3.8) is 0 Å².